The van der Waals surface area contributed by atoms with Gasteiger partial charge >= 0.3 is 0 Å². The SMILES string of the molecule is Cc1ccccc1-c1nnc(SCC(=O)c2ccc(Cl)cc2Cl)o1. The van der Waals surface area contributed by atoms with Gasteiger partial charge in [-0.15, -0.1) is 10.2 Å². The first kappa shape index (κ1) is 17.0. The highest BCUT2D eigenvalue weighted by molar-refractivity contribution is 7.99. The molecule has 0 aliphatic heterocycles. The number of carbonyl (C=O) groups is 1. The fraction of sp³-hybridized carbons (Fsp3) is 0.118. The molecule has 0 saturated carbocycles. The van der Waals surface area contributed by atoms with Crippen LogP contribution in [0.5, 0.6) is 0 Å². The lowest BCUT2D eigenvalue weighted by atomic mass is 10.1. The molecule has 0 aliphatic carbocycles. The molecule has 0 saturated heterocycles. The van der Waals surface area contributed by atoms with Crippen LogP contribution < -0.4 is 0 Å². The molecule has 0 bridgehead atoms. The molecule has 0 spiro atoms. The molecule has 1 heterocycles. The molecule has 24 heavy (non-hydrogen) atoms. The standard InChI is InChI=1S/C17H12Cl2N2O2S/c1-10-4-2-3-5-12(10)16-20-21-17(23-16)24-9-15(22)13-7-6-11(18)8-14(13)19/h2-8H,9H2,1H3. The molecule has 2 aromatic carbocycles. The highest BCUT2D eigenvalue weighted by Gasteiger charge is 2.15. The summed E-state index contributed by atoms with van der Waals surface area (Å²) in [5.41, 5.74) is 2.35. The summed E-state index contributed by atoms with van der Waals surface area (Å²) in [6.45, 7) is 1.97. The third-order valence-electron chi connectivity index (χ3n) is 3.34. The van der Waals surface area contributed by atoms with Gasteiger partial charge in [0.2, 0.25) is 5.89 Å². The van der Waals surface area contributed by atoms with E-state index in [-0.39, 0.29) is 11.5 Å². The summed E-state index contributed by atoms with van der Waals surface area (Å²) in [5, 5.41) is 9.17. The predicted molar refractivity (Wildman–Crippen MR) is 96.0 cm³/mol. The zero-order valence-corrected chi connectivity index (χ0v) is 15.0. The van der Waals surface area contributed by atoms with Crippen molar-refractivity contribution >= 4 is 40.7 Å². The van der Waals surface area contributed by atoms with Gasteiger partial charge in [-0.2, -0.15) is 0 Å². The number of halogens is 2. The Morgan fingerprint density at radius 2 is 1.96 bits per heavy atom. The van der Waals surface area contributed by atoms with Crippen molar-refractivity contribution in [3.05, 3.63) is 63.6 Å². The van der Waals surface area contributed by atoms with Gasteiger partial charge in [0.25, 0.3) is 5.22 Å². The number of ketones is 1. The van der Waals surface area contributed by atoms with Crippen LogP contribution in [0, 0.1) is 6.92 Å². The Morgan fingerprint density at radius 3 is 2.71 bits per heavy atom. The van der Waals surface area contributed by atoms with E-state index < -0.39 is 0 Å². The van der Waals surface area contributed by atoms with Crippen LogP contribution in [0.1, 0.15) is 15.9 Å². The number of hydrogen-bond donors (Lipinski definition) is 0. The van der Waals surface area contributed by atoms with E-state index in [0.29, 0.717) is 26.7 Å². The minimum Gasteiger partial charge on any atom is -0.411 e. The van der Waals surface area contributed by atoms with Crippen LogP contribution in [-0.2, 0) is 0 Å². The topological polar surface area (TPSA) is 56.0 Å². The Labute approximate surface area is 153 Å². The lowest BCUT2D eigenvalue weighted by molar-refractivity contribution is 0.102. The fourth-order valence-electron chi connectivity index (χ4n) is 2.11. The molecule has 4 nitrogen and oxygen atoms in total. The average molecular weight is 379 g/mol. The quantitative estimate of drug-likeness (QED) is 0.443. The van der Waals surface area contributed by atoms with Crippen LogP contribution in [-0.4, -0.2) is 21.7 Å². The molecule has 0 atom stereocenters. The molecule has 0 fully saturated rings. The van der Waals surface area contributed by atoms with Gasteiger partial charge in [-0.1, -0.05) is 53.2 Å². The molecule has 0 unspecified atom stereocenters. The average Bonchev–Trinajstić information content (AvgIpc) is 3.02. The summed E-state index contributed by atoms with van der Waals surface area (Å²) in [7, 11) is 0. The summed E-state index contributed by atoms with van der Waals surface area (Å²) < 4.78 is 5.62. The second-order valence-electron chi connectivity index (χ2n) is 5.02. The van der Waals surface area contributed by atoms with Gasteiger partial charge in [-0.25, -0.2) is 0 Å². The minimum absolute atomic E-state index is 0.127. The van der Waals surface area contributed by atoms with E-state index in [1.165, 1.54) is 11.8 Å². The number of aryl methyl sites for hydroxylation is 1. The molecule has 7 heteroatoms. The normalized spacial score (nSPS) is 10.8. The number of Topliss-reactive ketones (excluding diaryl/α,β-unsaturated/α-hetero) is 1. The van der Waals surface area contributed by atoms with Gasteiger partial charge in [0.1, 0.15) is 0 Å². The van der Waals surface area contributed by atoms with E-state index in [9.17, 15) is 4.79 Å². The smallest absolute Gasteiger partial charge is 0.277 e. The molecule has 0 radical (unpaired) electrons. The number of benzene rings is 2. The second kappa shape index (κ2) is 7.38. The van der Waals surface area contributed by atoms with Crippen molar-refractivity contribution in [3.8, 4) is 11.5 Å². The molecule has 0 aliphatic rings. The number of rotatable bonds is 5. The van der Waals surface area contributed by atoms with Gasteiger partial charge in [-0.3, -0.25) is 4.79 Å². The van der Waals surface area contributed by atoms with Crippen molar-refractivity contribution in [2.75, 3.05) is 5.75 Å². The molecule has 122 valence electrons. The van der Waals surface area contributed by atoms with Gasteiger partial charge in [0.05, 0.1) is 10.8 Å². The fourth-order valence-corrected chi connectivity index (χ4v) is 3.27. The maximum atomic E-state index is 12.2. The maximum absolute atomic E-state index is 12.2. The van der Waals surface area contributed by atoms with E-state index in [1.807, 2.05) is 31.2 Å². The predicted octanol–water partition coefficient (Wildman–Crippen LogP) is 5.33. The van der Waals surface area contributed by atoms with Crippen molar-refractivity contribution < 1.29 is 9.21 Å². The first-order valence-electron chi connectivity index (χ1n) is 7.05. The van der Waals surface area contributed by atoms with E-state index in [1.54, 1.807) is 18.2 Å². The Balaban J connectivity index is 1.69. The second-order valence-corrected chi connectivity index (χ2v) is 6.79. The van der Waals surface area contributed by atoms with Crippen LogP contribution in [0.4, 0.5) is 0 Å². The van der Waals surface area contributed by atoms with E-state index in [0.717, 1.165) is 11.1 Å². The van der Waals surface area contributed by atoms with E-state index >= 15 is 0 Å². The third-order valence-corrected chi connectivity index (χ3v) is 4.71. The summed E-state index contributed by atoms with van der Waals surface area (Å²) >= 11 is 13.1. The van der Waals surface area contributed by atoms with Crippen molar-refractivity contribution in [1.82, 2.24) is 10.2 Å². The van der Waals surface area contributed by atoms with E-state index in [4.69, 9.17) is 27.6 Å². The zero-order valence-electron chi connectivity index (χ0n) is 12.6. The first-order chi connectivity index (χ1) is 11.5. The first-order valence-corrected chi connectivity index (χ1v) is 8.79. The lowest BCUT2D eigenvalue weighted by Crippen LogP contribution is -2.03. The highest BCUT2D eigenvalue weighted by atomic mass is 35.5. The summed E-state index contributed by atoms with van der Waals surface area (Å²) in [6, 6.07) is 12.5. The van der Waals surface area contributed by atoms with Crippen LogP contribution >= 0.6 is 35.0 Å². The van der Waals surface area contributed by atoms with Crippen molar-refractivity contribution in [1.29, 1.82) is 0 Å². The van der Waals surface area contributed by atoms with Crippen molar-refractivity contribution in [2.24, 2.45) is 0 Å². The zero-order chi connectivity index (χ0) is 17.1. The van der Waals surface area contributed by atoms with Gasteiger partial charge in [0, 0.05) is 16.1 Å². The Kier molecular flexibility index (Phi) is 5.23. The van der Waals surface area contributed by atoms with E-state index in [2.05, 4.69) is 10.2 Å². The monoisotopic (exact) mass is 378 g/mol. The summed E-state index contributed by atoms with van der Waals surface area (Å²) in [6.07, 6.45) is 0. The third kappa shape index (κ3) is 3.80. The van der Waals surface area contributed by atoms with Crippen LogP contribution in [0.2, 0.25) is 10.0 Å². The van der Waals surface area contributed by atoms with Crippen molar-refractivity contribution in [2.45, 2.75) is 12.1 Å². The number of carbonyl (C=O) groups excluding carboxylic acids is 1. The van der Waals surface area contributed by atoms with Gasteiger partial charge in [0.15, 0.2) is 5.78 Å². The minimum atomic E-state index is -0.127. The van der Waals surface area contributed by atoms with Gasteiger partial charge in [-0.05, 0) is 36.8 Å². The molecule has 1 aromatic heterocycles. The van der Waals surface area contributed by atoms with Crippen LogP contribution in [0.15, 0.2) is 52.1 Å². The Morgan fingerprint density at radius 1 is 1.17 bits per heavy atom. The molecule has 3 aromatic rings. The van der Waals surface area contributed by atoms with Gasteiger partial charge < -0.3 is 4.42 Å². The Hall–Kier alpha value is -1.82. The summed E-state index contributed by atoms with van der Waals surface area (Å²) in [4.78, 5) is 12.2. The highest BCUT2D eigenvalue weighted by Crippen LogP contribution is 2.27. The number of aromatic nitrogens is 2. The maximum Gasteiger partial charge on any atom is 0.277 e. The Bertz CT molecular complexity index is 896. The summed E-state index contributed by atoms with van der Waals surface area (Å²) in [5.74, 6) is 0.460. The lowest BCUT2D eigenvalue weighted by Gasteiger charge is -2.02. The number of hydrogen-bond acceptors (Lipinski definition) is 5. The van der Waals surface area contributed by atoms with Crippen LogP contribution in [0.25, 0.3) is 11.5 Å². The number of nitrogens with zero attached hydrogens (tertiary/aromatic N) is 2. The molecule has 0 N–H and O–H groups in total. The van der Waals surface area contributed by atoms with Crippen molar-refractivity contribution in [3.63, 3.8) is 0 Å². The number of thioether (sulfide) groups is 1. The molecular formula is C17H12Cl2N2O2S. The molecule has 0 amide bonds. The largest absolute Gasteiger partial charge is 0.411 e. The van der Waals surface area contributed by atoms with Crippen LogP contribution in [0.3, 0.4) is 0 Å². The molecular weight excluding hydrogens is 367 g/mol. The molecule has 3 rings (SSSR count).